The number of nitrogens with one attached hydrogen (secondary N) is 2. The van der Waals surface area contributed by atoms with Gasteiger partial charge in [0, 0.05) is 11.3 Å². The van der Waals surface area contributed by atoms with Crippen LogP contribution in [0.1, 0.15) is 10.4 Å². The van der Waals surface area contributed by atoms with Gasteiger partial charge in [-0.3, -0.25) is 10.1 Å². The summed E-state index contributed by atoms with van der Waals surface area (Å²) >= 11 is 0. The van der Waals surface area contributed by atoms with Crippen molar-refractivity contribution in [2.45, 2.75) is 0 Å². The van der Waals surface area contributed by atoms with Crippen LogP contribution >= 0.6 is 0 Å². The molecule has 21 heavy (non-hydrogen) atoms. The minimum absolute atomic E-state index is 0.134. The fourth-order valence-corrected chi connectivity index (χ4v) is 1.90. The Balaban J connectivity index is 1.65. The second kappa shape index (κ2) is 5.54. The smallest absolute Gasteiger partial charge is 0.326 e. The maximum atomic E-state index is 12.0. The monoisotopic (exact) mass is 284 g/mol. The van der Waals surface area contributed by atoms with E-state index in [9.17, 15) is 9.59 Å². The predicted molar refractivity (Wildman–Crippen MR) is 75.5 cm³/mol. The molecule has 0 aromatic heterocycles. The van der Waals surface area contributed by atoms with E-state index in [1.54, 1.807) is 36.4 Å². The lowest BCUT2D eigenvalue weighted by Gasteiger charge is -2.07. The molecular formula is C15H12N2O4. The SMILES string of the molecule is O=C(NC(=O)c1ccc2c(c1)OCO2)Nc1ccccc1. The Morgan fingerprint density at radius 1 is 0.952 bits per heavy atom. The quantitative estimate of drug-likeness (QED) is 0.887. The van der Waals surface area contributed by atoms with E-state index < -0.39 is 11.9 Å². The molecule has 1 aliphatic heterocycles. The number of anilines is 1. The lowest BCUT2D eigenvalue weighted by molar-refractivity contribution is 0.0966. The standard InChI is InChI=1S/C15H12N2O4/c18-14(10-6-7-12-13(8-10)21-9-20-12)17-15(19)16-11-4-2-1-3-5-11/h1-8H,9H2,(H2,16,17,18,19). The second-order valence-electron chi connectivity index (χ2n) is 4.34. The van der Waals surface area contributed by atoms with Crippen molar-refractivity contribution in [1.29, 1.82) is 0 Å². The molecule has 0 fully saturated rings. The summed E-state index contributed by atoms with van der Waals surface area (Å²) in [7, 11) is 0. The number of benzene rings is 2. The molecule has 0 spiro atoms. The number of fused-ring (bicyclic) bond motifs is 1. The molecule has 3 rings (SSSR count). The molecule has 2 N–H and O–H groups in total. The fourth-order valence-electron chi connectivity index (χ4n) is 1.90. The van der Waals surface area contributed by atoms with Gasteiger partial charge in [-0.05, 0) is 30.3 Å². The largest absolute Gasteiger partial charge is 0.454 e. The van der Waals surface area contributed by atoms with Crippen molar-refractivity contribution < 1.29 is 19.1 Å². The first-order valence-corrected chi connectivity index (χ1v) is 6.29. The summed E-state index contributed by atoms with van der Waals surface area (Å²) in [5.74, 6) is 0.563. The minimum atomic E-state index is -0.594. The first-order valence-electron chi connectivity index (χ1n) is 6.29. The van der Waals surface area contributed by atoms with Gasteiger partial charge in [-0.1, -0.05) is 18.2 Å². The highest BCUT2D eigenvalue weighted by Crippen LogP contribution is 2.32. The van der Waals surface area contributed by atoms with Gasteiger partial charge < -0.3 is 14.8 Å². The van der Waals surface area contributed by atoms with Crippen LogP contribution in [0, 0.1) is 0 Å². The molecule has 1 aliphatic rings. The van der Waals surface area contributed by atoms with Crippen molar-refractivity contribution in [2.24, 2.45) is 0 Å². The average Bonchev–Trinajstić information content (AvgIpc) is 2.95. The van der Waals surface area contributed by atoms with Crippen molar-refractivity contribution in [2.75, 3.05) is 12.1 Å². The molecule has 0 aliphatic carbocycles. The van der Waals surface area contributed by atoms with E-state index in [1.165, 1.54) is 6.07 Å². The van der Waals surface area contributed by atoms with Crippen LogP contribution < -0.4 is 20.1 Å². The molecule has 6 nitrogen and oxygen atoms in total. The zero-order chi connectivity index (χ0) is 14.7. The van der Waals surface area contributed by atoms with Crippen molar-refractivity contribution >= 4 is 17.6 Å². The van der Waals surface area contributed by atoms with Gasteiger partial charge in [-0.25, -0.2) is 4.79 Å². The first kappa shape index (κ1) is 13.0. The highest BCUT2D eigenvalue weighted by molar-refractivity contribution is 6.08. The number of carbonyl (C=O) groups is 2. The Morgan fingerprint density at radius 3 is 2.52 bits per heavy atom. The molecule has 0 saturated carbocycles. The lowest BCUT2D eigenvalue weighted by Crippen LogP contribution is -2.34. The Kier molecular flexibility index (Phi) is 3.42. The van der Waals surface area contributed by atoms with E-state index in [0.717, 1.165) is 0 Å². The van der Waals surface area contributed by atoms with E-state index in [-0.39, 0.29) is 6.79 Å². The molecule has 0 atom stereocenters. The van der Waals surface area contributed by atoms with E-state index in [1.807, 2.05) is 6.07 Å². The number of urea groups is 1. The predicted octanol–water partition coefficient (Wildman–Crippen LogP) is 2.38. The highest BCUT2D eigenvalue weighted by Gasteiger charge is 2.17. The molecule has 0 unspecified atom stereocenters. The van der Waals surface area contributed by atoms with Crippen LogP contribution in [0.4, 0.5) is 10.5 Å². The summed E-state index contributed by atoms with van der Waals surface area (Å²) in [6, 6.07) is 13.0. The molecule has 2 aromatic carbocycles. The highest BCUT2D eigenvalue weighted by atomic mass is 16.7. The zero-order valence-electron chi connectivity index (χ0n) is 11.0. The molecule has 3 amide bonds. The molecule has 1 heterocycles. The van der Waals surface area contributed by atoms with Crippen molar-refractivity contribution in [3.63, 3.8) is 0 Å². The molecule has 0 radical (unpaired) electrons. The Labute approximate surface area is 120 Å². The van der Waals surface area contributed by atoms with Crippen LogP contribution in [0.5, 0.6) is 11.5 Å². The van der Waals surface area contributed by atoms with Crippen LogP contribution in [0.2, 0.25) is 0 Å². The Bertz CT molecular complexity index is 685. The third-order valence-electron chi connectivity index (χ3n) is 2.89. The summed E-state index contributed by atoms with van der Waals surface area (Å²) in [5, 5.41) is 4.82. The fraction of sp³-hybridized carbons (Fsp3) is 0.0667. The first-order chi connectivity index (χ1) is 10.2. The number of carbonyl (C=O) groups excluding carboxylic acids is 2. The number of imide groups is 1. The van der Waals surface area contributed by atoms with E-state index in [2.05, 4.69) is 10.6 Å². The van der Waals surface area contributed by atoms with Gasteiger partial charge in [0.25, 0.3) is 5.91 Å². The zero-order valence-corrected chi connectivity index (χ0v) is 11.0. The van der Waals surface area contributed by atoms with Gasteiger partial charge in [0.2, 0.25) is 6.79 Å². The van der Waals surface area contributed by atoms with Crippen LogP contribution in [0.3, 0.4) is 0 Å². The van der Waals surface area contributed by atoms with Crippen molar-refractivity contribution in [3.8, 4) is 11.5 Å². The van der Waals surface area contributed by atoms with Crippen LogP contribution in [0.15, 0.2) is 48.5 Å². The third kappa shape index (κ3) is 2.94. The van der Waals surface area contributed by atoms with E-state index in [4.69, 9.17) is 9.47 Å². The maximum absolute atomic E-state index is 12.0. The molecule has 6 heteroatoms. The van der Waals surface area contributed by atoms with Crippen molar-refractivity contribution in [1.82, 2.24) is 5.32 Å². The number of hydrogen-bond acceptors (Lipinski definition) is 4. The van der Waals surface area contributed by atoms with Gasteiger partial charge in [0.15, 0.2) is 11.5 Å². The number of hydrogen-bond donors (Lipinski definition) is 2. The van der Waals surface area contributed by atoms with Crippen LogP contribution in [-0.4, -0.2) is 18.7 Å². The Morgan fingerprint density at radius 2 is 1.71 bits per heavy atom. The Hall–Kier alpha value is -3.02. The number of amides is 3. The van der Waals surface area contributed by atoms with Crippen molar-refractivity contribution in [3.05, 3.63) is 54.1 Å². The number of ether oxygens (including phenoxy) is 2. The summed E-state index contributed by atoms with van der Waals surface area (Å²) < 4.78 is 10.3. The summed E-state index contributed by atoms with van der Waals surface area (Å²) in [6.45, 7) is 0.134. The number of para-hydroxylation sites is 1. The maximum Gasteiger partial charge on any atom is 0.326 e. The third-order valence-corrected chi connectivity index (χ3v) is 2.89. The average molecular weight is 284 g/mol. The lowest BCUT2D eigenvalue weighted by atomic mass is 10.2. The van der Waals surface area contributed by atoms with Gasteiger partial charge in [0.1, 0.15) is 0 Å². The van der Waals surface area contributed by atoms with E-state index in [0.29, 0.717) is 22.7 Å². The minimum Gasteiger partial charge on any atom is -0.454 e. The van der Waals surface area contributed by atoms with Gasteiger partial charge in [-0.2, -0.15) is 0 Å². The summed E-state index contributed by atoms with van der Waals surface area (Å²) in [6.07, 6.45) is 0. The van der Waals surface area contributed by atoms with Gasteiger partial charge in [-0.15, -0.1) is 0 Å². The van der Waals surface area contributed by atoms with Crippen LogP contribution in [0.25, 0.3) is 0 Å². The summed E-state index contributed by atoms with van der Waals surface area (Å²) in [4.78, 5) is 23.7. The molecule has 106 valence electrons. The van der Waals surface area contributed by atoms with Crippen LogP contribution in [-0.2, 0) is 0 Å². The number of rotatable bonds is 2. The summed E-state index contributed by atoms with van der Waals surface area (Å²) in [5.41, 5.74) is 0.927. The van der Waals surface area contributed by atoms with Gasteiger partial charge >= 0.3 is 6.03 Å². The van der Waals surface area contributed by atoms with Gasteiger partial charge in [0.05, 0.1) is 0 Å². The molecule has 2 aromatic rings. The molecule has 0 saturated heterocycles. The second-order valence-corrected chi connectivity index (χ2v) is 4.34. The topological polar surface area (TPSA) is 76.7 Å². The molecule has 0 bridgehead atoms. The normalized spacial score (nSPS) is 11.8. The van der Waals surface area contributed by atoms with E-state index >= 15 is 0 Å². The molecular weight excluding hydrogens is 272 g/mol.